The third kappa shape index (κ3) is 1.59. The Bertz CT molecular complexity index is 502. The van der Waals surface area contributed by atoms with Gasteiger partial charge in [0, 0.05) is 23.6 Å². The number of esters is 1. The lowest BCUT2D eigenvalue weighted by molar-refractivity contribution is 0.0601. The highest BCUT2D eigenvalue weighted by atomic mass is 16.5. The molecule has 4 nitrogen and oxygen atoms in total. The normalized spacial score (nSPS) is 10.5. The van der Waals surface area contributed by atoms with E-state index in [1.54, 1.807) is 12.1 Å². The number of aromatic amines is 1. The number of benzene rings is 1. The standard InChI is InChI=1S/C11H12N2O2/c1-15-11(14)7-2-3-10-9(4-7)8(5-12)6-13-10/h2-4,6,13H,5,12H2,1H3. The van der Waals surface area contributed by atoms with E-state index in [1.165, 1.54) is 7.11 Å². The van der Waals surface area contributed by atoms with Crippen LogP contribution in [0.2, 0.25) is 0 Å². The van der Waals surface area contributed by atoms with Gasteiger partial charge in [-0.25, -0.2) is 4.79 Å². The zero-order valence-electron chi connectivity index (χ0n) is 8.41. The van der Waals surface area contributed by atoms with E-state index in [2.05, 4.69) is 9.72 Å². The Kier molecular flexibility index (Phi) is 2.43. The lowest BCUT2D eigenvalue weighted by atomic mass is 10.1. The van der Waals surface area contributed by atoms with Crippen LogP contribution in [-0.2, 0) is 11.3 Å². The number of hydrogen-bond acceptors (Lipinski definition) is 3. The van der Waals surface area contributed by atoms with Crippen molar-refractivity contribution in [3.05, 3.63) is 35.5 Å². The maximum Gasteiger partial charge on any atom is 0.337 e. The second-order valence-electron chi connectivity index (χ2n) is 3.27. The molecule has 15 heavy (non-hydrogen) atoms. The molecule has 0 aliphatic carbocycles. The van der Waals surface area contributed by atoms with E-state index in [9.17, 15) is 4.79 Å². The van der Waals surface area contributed by atoms with E-state index in [0.29, 0.717) is 12.1 Å². The van der Waals surface area contributed by atoms with E-state index in [-0.39, 0.29) is 5.97 Å². The quantitative estimate of drug-likeness (QED) is 0.727. The van der Waals surface area contributed by atoms with Crippen molar-refractivity contribution in [1.82, 2.24) is 4.98 Å². The van der Waals surface area contributed by atoms with Crippen molar-refractivity contribution < 1.29 is 9.53 Å². The molecule has 0 saturated heterocycles. The molecule has 1 heterocycles. The van der Waals surface area contributed by atoms with E-state index in [1.807, 2.05) is 12.3 Å². The van der Waals surface area contributed by atoms with Gasteiger partial charge in [0.1, 0.15) is 0 Å². The second-order valence-corrected chi connectivity index (χ2v) is 3.27. The molecule has 0 aliphatic heterocycles. The molecule has 3 N–H and O–H groups in total. The summed E-state index contributed by atoms with van der Waals surface area (Å²) in [6.45, 7) is 0.449. The van der Waals surface area contributed by atoms with Gasteiger partial charge in [0.15, 0.2) is 0 Å². The molecule has 0 fully saturated rings. The van der Waals surface area contributed by atoms with Crippen LogP contribution in [0.15, 0.2) is 24.4 Å². The van der Waals surface area contributed by atoms with Crippen LogP contribution in [0.5, 0.6) is 0 Å². The first kappa shape index (κ1) is 9.73. The second kappa shape index (κ2) is 3.74. The van der Waals surface area contributed by atoms with Crippen LogP contribution >= 0.6 is 0 Å². The number of methoxy groups -OCH3 is 1. The first-order chi connectivity index (χ1) is 7.26. The van der Waals surface area contributed by atoms with Crippen molar-refractivity contribution in [3.8, 4) is 0 Å². The van der Waals surface area contributed by atoms with E-state index in [4.69, 9.17) is 5.73 Å². The summed E-state index contributed by atoms with van der Waals surface area (Å²) >= 11 is 0. The molecule has 1 aromatic carbocycles. The minimum absolute atomic E-state index is 0.332. The molecule has 0 amide bonds. The number of nitrogens with one attached hydrogen (secondary N) is 1. The molecule has 1 aromatic heterocycles. The van der Waals surface area contributed by atoms with Crippen LogP contribution in [-0.4, -0.2) is 18.1 Å². The molecular weight excluding hydrogens is 192 g/mol. The largest absolute Gasteiger partial charge is 0.465 e. The Labute approximate surface area is 87.0 Å². The average molecular weight is 204 g/mol. The summed E-state index contributed by atoms with van der Waals surface area (Å²) in [4.78, 5) is 14.4. The fraction of sp³-hybridized carbons (Fsp3) is 0.182. The number of nitrogens with two attached hydrogens (primary N) is 1. The number of ether oxygens (including phenoxy) is 1. The van der Waals surface area contributed by atoms with Crippen molar-refractivity contribution >= 4 is 16.9 Å². The molecule has 0 unspecified atom stereocenters. The summed E-state index contributed by atoms with van der Waals surface area (Å²) in [5, 5.41) is 0.973. The van der Waals surface area contributed by atoms with Gasteiger partial charge in [-0.3, -0.25) is 0 Å². The van der Waals surface area contributed by atoms with Crippen molar-refractivity contribution in [2.24, 2.45) is 5.73 Å². The first-order valence-corrected chi connectivity index (χ1v) is 4.64. The molecule has 2 rings (SSSR count). The summed E-state index contributed by atoms with van der Waals surface area (Å²) in [6, 6.07) is 5.37. The summed E-state index contributed by atoms with van der Waals surface area (Å²) < 4.78 is 4.65. The molecular formula is C11H12N2O2. The highest BCUT2D eigenvalue weighted by Gasteiger charge is 2.08. The topological polar surface area (TPSA) is 68.1 Å². The lowest BCUT2D eigenvalue weighted by Crippen LogP contribution is -2.01. The average Bonchev–Trinajstić information content (AvgIpc) is 2.69. The van der Waals surface area contributed by atoms with Crippen molar-refractivity contribution in [3.63, 3.8) is 0 Å². The third-order valence-electron chi connectivity index (χ3n) is 2.41. The fourth-order valence-electron chi connectivity index (χ4n) is 1.59. The van der Waals surface area contributed by atoms with Gasteiger partial charge in [0.05, 0.1) is 12.7 Å². The van der Waals surface area contributed by atoms with Gasteiger partial charge in [-0.15, -0.1) is 0 Å². The van der Waals surface area contributed by atoms with Gasteiger partial charge >= 0.3 is 5.97 Å². The molecule has 2 aromatic rings. The van der Waals surface area contributed by atoms with Crippen LogP contribution in [0, 0.1) is 0 Å². The fourth-order valence-corrected chi connectivity index (χ4v) is 1.59. The monoisotopic (exact) mass is 204 g/mol. The minimum Gasteiger partial charge on any atom is -0.465 e. The van der Waals surface area contributed by atoms with Gasteiger partial charge in [-0.1, -0.05) is 0 Å². The lowest BCUT2D eigenvalue weighted by Gasteiger charge is -2.00. The summed E-state index contributed by atoms with van der Waals surface area (Å²) in [5.41, 5.74) is 8.10. The van der Waals surface area contributed by atoms with Gasteiger partial charge in [0.2, 0.25) is 0 Å². The molecule has 0 radical (unpaired) electrons. The Morgan fingerprint density at radius 1 is 1.53 bits per heavy atom. The van der Waals surface area contributed by atoms with Crippen LogP contribution in [0.4, 0.5) is 0 Å². The molecule has 4 heteroatoms. The zero-order valence-corrected chi connectivity index (χ0v) is 8.41. The van der Waals surface area contributed by atoms with Gasteiger partial charge in [0.25, 0.3) is 0 Å². The summed E-state index contributed by atoms with van der Waals surface area (Å²) in [6.07, 6.45) is 1.85. The SMILES string of the molecule is COC(=O)c1ccc2[nH]cc(CN)c2c1. The Morgan fingerprint density at radius 3 is 3.00 bits per heavy atom. The summed E-state index contributed by atoms with van der Waals surface area (Å²) in [7, 11) is 1.37. The predicted molar refractivity (Wildman–Crippen MR) is 57.5 cm³/mol. The Balaban J connectivity index is 2.57. The molecule has 0 spiro atoms. The summed E-state index contributed by atoms with van der Waals surface area (Å²) in [5.74, 6) is -0.332. The highest BCUT2D eigenvalue weighted by molar-refractivity contribution is 5.95. The maximum absolute atomic E-state index is 11.3. The van der Waals surface area contributed by atoms with E-state index >= 15 is 0 Å². The van der Waals surface area contributed by atoms with E-state index in [0.717, 1.165) is 16.5 Å². The number of carbonyl (C=O) groups is 1. The van der Waals surface area contributed by atoms with Crippen molar-refractivity contribution in [1.29, 1.82) is 0 Å². The molecule has 0 saturated carbocycles. The Hall–Kier alpha value is -1.81. The molecule has 0 atom stereocenters. The van der Waals surface area contributed by atoms with Crippen LogP contribution in [0.25, 0.3) is 10.9 Å². The van der Waals surface area contributed by atoms with E-state index < -0.39 is 0 Å². The number of hydrogen-bond donors (Lipinski definition) is 2. The minimum atomic E-state index is -0.332. The van der Waals surface area contributed by atoms with Crippen molar-refractivity contribution in [2.45, 2.75) is 6.54 Å². The van der Waals surface area contributed by atoms with Crippen LogP contribution in [0.1, 0.15) is 15.9 Å². The van der Waals surface area contributed by atoms with Gasteiger partial charge in [-0.2, -0.15) is 0 Å². The van der Waals surface area contributed by atoms with Gasteiger partial charge in [-0.05, 0) is 23.8 Å². The first-order valence-electron chi connectivity index (χ1n) is 4.64. The smallest absolute Gasteiger partial charge is 0.337 e. The molecule has 0 aliphatic rings. The number of H-pyrrole nitrogens is 1. The highest BCUT2D eigenvalue weighted by Crippen LogP contribution is 2.19. The maximum atomic E-state index is 11.3. The molecule has 0 bridgehead atoms. The zero-order chi connectivity index (χ0) is 10.8. The van der Waals surface area contributed by atoms with Crippen molar-refractivity contribution in [2.75, 3.05) is 7.11 Å². The van der Waals surface area contributed by atoms with Gasteiger partial charge < -0.3 is 15.5 Å². The Morgan fingerprint density at radius 2 is 2.33 bits per heavy atom. The van der Waals surface area contributed by atoms with Crippen LogP contribution in [0.3, 0.4) is 0 Å². The number of carbonyl (C=O) groups excluding carboxylic acids is 1. The molecule has 78 valence electrons. The number of aromatic nitrogens is 1. The predicted octanol–water partition coefficient (Wildman–Crippen LogP) is 1.41. The third-order valence-corrected chi connectivity index (χ3v) is 2.41. The van der Waals surface area contributed by atoms with Crippen LogP contribution < -0.4 is 5.73 Å². The number of fused-ring (bicyclic) bond motifs is 1. The number of rotatable bonds is 2.